The number of amides is 1. The number of hydrogen-bond donors (Lipinski definition) is 2. The number of nitrogens with zero attached hydrogens (tertiary/aromatic N) is 1. The summed E-state index contributed by atoms with van der Waals surface area (Å²) < 4.78 is 1.13. The van der Waals surface area contributed by atoms with Crippen LogP contribution in [0, 0.1) is 12.8 Å². The molecular formula is C19H26N2O2S. The minimum atomic E-state index is -0.517. The summed E-state index contributed by atoms with van der Waals surface area (Å²) >= 11 is 1.52. The molecule has 1 aromatic carbocycles. The number of thiophene rings is 1. The van der Waals surface area contributed by atoms with Crippen molar-refractivity contribution in [2.24, 2.45) is 5.92 Å². The van der Waals surface area contributed by atoms with Crippen LogP contribution >= 0.6 is 11.3 Å². The molecule has 0 radical (unpaired) electrons. The molecule has 24 heavy (non-hydrogen) atoms. The maximum absolute atomic E-state index is 12.4. The first-order valence-electron chi connectivity index (χ1n) is 8.71. The minimum absolute atomic E-state index is 0.0833. The Bertz CT molecular complexity index is 704. The lowest BCUT2D eigenvalue weighted by Crippen LogP contribution is -2.43. The number of piperidine rings is 1. The molecule has 1 aliphatic rings. The zero-order chi connectivity index (χ0) is 17.1. The summed E-state index contributed by atoms with van der Waals surface area (Å²) in [6.45, 7) is 7.29. The van der Waals surface area contributed by atoms with Crippen LogP contribution in [0.4, 0.5) is 0 Å². The summed E-state index contributed by atoms with van der Waals surface area (Å²) in [5.41, 5.74) is 1.02. The molecule has 3 rings (SSSR count). The van der Waals surface area contributed by atoms with Crippen LogP contribution in [0.2, 0.25) is 0 Å². The number of benzene rings is 1. The summed E-state index contributed by atoms with van der Waals surface area (Å²) in [5, 5.41) is 14.2. The molecule has 0 aliphatic carbocycles. The fourth-order valence-electron chi connectivity index (χ4n) is 3.29. The van der Waals surface area contributed by atoms with Crippen molar-refractivity contribution in [2.45, 2.75) is 32.8 Å². The average molecular weight is 346 g/mol. The highest BCUT2D eigenvalue weighted by atomic mass is 32.1. The molecule has 0 saturated carbocycles. The van der Waals surface area contributed by atoms with Gasteiger partial charge in [-0.05, 0) is 55.8 Å². The van der Waals surface area contributed by atoms with Crippen LogP contribution in [0.1, 0.15) is 35.0 Å². The van der Waals surface area contributed by atoms with E-state index in [4.69, 9.17) is 0 Å². The average Bonchev–Trinajstić information content (AvgIpc) is 2.92. The van der Waals surface area contributed by atoms with Gasteiger partial charge in [-0.25, -0.2) is 0 Å². The van der Waals surface area contributed by atoms with Gasteiger partial charge in [-0.15, -0.1) is 11.3 Å². The van der Waals surface area contributed by atoms with Crippen molar-refractivity contribution in [2.75, 3.05) is 26.2 Å². The van der Waals surface area contributed by atoms with Gasteiger partial charge < -0.3 is 15.3 Å². The lowest BCUT2D eigenvalue weighted by Gasteiger charge is -2.31. The largest absolute Gasteiger partial charge is 0.390 e. The Morgan fingerprint density at radius 3 is 2.79 bits per heavy atom. The number of aliphatic hydroxyl groups excluding tert-OH is 1. The fraction of sp³-hybridized carbons (Fsp3) is 0.526. The lowest BCUT2D eigenvalue weighted by atomic mass is 9.99. The Morgan fingerprint density at radius 2 is 2.08 bits per heavy atom. The van der Waals surface area contributed by atoms with Crippen molar-refractivity contribution in [3.63, 3.8) is 0 Å². The second-order valence-electron chi connectivity index (χ2n) is 6.90. The number of carbonyl (C=O) groups excluding carboxylic acids is 1. The summed E-state index contributed by atoms with van der Waals surface area (Å²) in [5.74, 6) is 0.703. The highest BCUT2D eigenvalue weighted by Gasteiger charge is 2.20. The monoisotopic (exact) mass is 346 g/mol. The zero-order valence-corrected chi connectivity index (χ0v) is 15.2. The van der Waals surface area contributed by atoms with Crippen LogP contribution in [0.15, 0.2) is 24.3 Å². The van der Waals surface area contributed by atoms with Crippen LogP contribution in [0.5, 0.6) is 0 Å². The SMILES string of the molecule is Cc1c(C(=O)NCC(O)CN2CCC(C)CC2)sc2ccccc12. The van der Waals surface area contributed by atoms with E-state index in [1.165, 1.54) is 24.2 Å². The Kier molecular flexibility index (Phi) is 5.54. The summed E-state index contributed by atoms with van der Waals surface area (Å²) in [6.07, 6.45) is 1.87. The lowest BCUT2D eigenvalue weighted by molar-refractivity contribution is 0.0797. The van der Waals surface area contributed by atoms with Crippen LogP contribution in [0.25, 0.3) is 10.1 Å². The number of likely N-dealkylation sites (tertiary alicyclic amines) is 1. The predicted molar refractivity (Wildman–Crippen MR) is 99.7 cm³/mol. The second kappa shape index (κ2) is 7.64. The van der Waals surface area contributed by atoms with Crippen LogP contribution in [-0.2, 0) is 0 Å². The zero-order valence-electron chi connectivity index (χ0n) is 14.4. The molecule has 2 heterocycles. The van der Waals surface area contributed by atoms with Crippen LogP contribution in [-0.4, -0.2) is 48.2 Å². The van der Waals surface area contributed by atoms with E-state index in [1.807, 2.05) is 31.2 Å². The van der Waals surface area contributed by atoms with Gasteiger partial charge in [0.25, 0.3) is 5.91 Å². The Balaban J connectivity index is 1.53. The Hall–Kier alpha value is -1.43. The van der Waals surface area contributed by atoms with Crippen LogP contribution in [0.3, 0.4) is 0 Å². The molecule has 0 spiro atoms. The molecule has 1 amide bonds. The van der Waals surface area contributed by atoms with Crippen molar-refractivity contribution in [1.82, 2.24) is 10.2 Å². The number of rotatable bonds is 5. The van der Waals surface area contributed by atoms with Gasteiger partial charge in [0.1, 0.15) is 0 Å². The Morgan fingerprint density at radius 1 is 1.38 bits per heavy atom. The Labute approximate surface area is 147 Å². The molecule has 1 aliphatic heterocycles. The number of aryl methyl sites for hydroxylation is 1. The van der Waals surface area contributed by atoms with E-state index in [1.54, 1.807) is 0 Å². The molecule has 1 aromatic heterocycles. The molecule has 2 aromatic rings. The maximum Gasteiger partial charge on any atom is 0.261 e. The summed E-state index contributed by atoms with van der Waals surface area (Å²) in [4.78, 5) is 15.5. The third kappa shape index (κ3) is 3.97. The first kappa shape index (κ1) is 17.4. The number of hydrogen-bond acceptors (Lipinski definition) is 4. The van der Waals surface area contributed by atoms with E-state index in [-0.39, 0.29) is 5.91 Å². The van der Waals surface area contributed by atoms with Gasteiger partial charge in [-0.2, -0.15) is 0 Å². The molecule has 5 heteroatoms. The van der Waals surface area contributed by atoms with E-state index >= 15 is 0 Å². The van der Waals surface area contributed by atoms with Gasteiger partial charge in [-0.3, -0.25) is 4.79 Å². The smallest absolute Gasteiger partial charge is 0.261 e. The third-order valence-corrected chi connectivity index (χ3v) is 6.16. The van der Waals surface area contributed by atoms with Gasteiger partial charge in [0.15, 0.2) is 0 Å². The minimum Gasteiger partial charge on any atom is -0.390 e. The van der Waals surface area contributed by atoms with Crippen LogP contribution < -0.4 is 5.32 Å². The van der Waals surface area contributed by atoms with E-state index in [9.17, 15) is 9.90 Å². The highest BCUT2D eigenvalue weighted by molar-refractivity contribution is 7.21. The predicted octanol–water partition coefficient (Wildman–Crippen LogP) is 3.03. The normalized spacial score (nSPS) is 18.0. The maximum atomic E-state index is 12.4. The molecular weight excluding hydrogens is 320 g/mol. The molecule has 1 fully saturated rings. The van der Waals surface area contributed by atoms with E-state index < -0.39 is 6.10 Å². The molecule has 2 N–H and O–H groups in total. The second-order valence-corrected chi connectivity index (χ2v) is 7.95. The van der Waals surface area contributed by atoms with Crippen molar-refractivity contribution >= 4 is 27.3 Å². The molecule has 0 bridgehead atoms. The topological polar surface area (TPSA) is 52.6 Å². The van der Waals surface area contributed by atoms with Crippen molar-refractivity contribution in [1.29, 1.82) is 0 Å². The molecule has 1 saturated heterocycles. The first-order chi connectivity index (χ1) is 11.5. The quantitative estimate of drug-likeness (QED) is 0.875. The van der Waals surface area contributed by atoms with Crippen molar-refractivity contribution in [3.8, 4) is 0 Å². The standard InChI is InChI=1S/C19H26N2O2S/c1-13-7-9-21(10-8-13)12-15(22)11-20-19(23)18-14(2)16-5-3-4-6-17(16)24-18/h3-6,13,15,22H,7-12H2,1-2H3,(H,20,23). The van der Waals surface area contributed by atoms with Gasteiger partial charge in [0, 0.05) is 17.8 Å². The van der Waals surface area contributed by atoms with E-state index in [2.05, 4.69) is 17.1 Å². The van der Waals surface area contributed by atoms with Crippen molar-refractivity contribution < 1.29 is 9.90 Å². The van der Waals surface area contributed by atoms with Gasteiger partial charge in [0.05, 0.1) is 11.0 Å². The fourth-order valence-corrected chi connectivity index (χ4v) is 4.41. The molecule has 4 nitrogen and oxygen atoms in total. The molecule has 1 unspecified atom stereocenters. The number of aliphatic hydroxyl groups is 1. The number of β-amino-alcohol motifs (C(OH)–C–C–N with tert-alkyl or cyclic N) is 1. The van der Waals surface area contributed by atoms with E-state index in [0.717, 1.165) is 39.5 Å². The van der Waals surface area contributed by atoms with Gasteiger partial charge >= 0.3 is 0 Å². The summed E-state index contributed by atoms with van der Waals surface area (Å²) in [6, 6.07) is 8.07. The third-order valence-electron chi connectivity index (χ3n) is 4.89. The number of nitrogens with one attached hydrogen (secondary N) is 1. The summed E-state index contributed by atoms with van der Waals surface area (Å²) in [7, 11) is 0. The number of carbonyl (C=O) groups is 1. The van der Waals surface area contributed by atoms with E-state index in [0.29, 0.717) is 13.1 Å². The van der Waals surface area contributed by atoms with Gasteiger partial charge in [-0.1, -0.05) is 25.1 Å². The highest BCUT2D eigenvalue weighted by Crippen LogP contribution is 2.30. The number of fused-ring (bicyclic) bond motifs is 1. The van der Waals surface area contributed by atoms with Gasteiger partial charge in [0.2, 0.25) is 0 Å². The molecule has 1 atom stereocenters. The molecule has 130 valence electrons. The first-order valence-corrected chi connectivity index (χ1v) is 9.53. The van der Waals surface area contributed by atoms with Crippen molar-refractivity contribution in [3.05, 3.63) is 34.7 Å².